The van der Waals surface area contributed by atoms with Crippen LogP contribution in [-0.2, 0) is 0 Å². The predicted molar refractivity (Wildman–Crippen MR) is 75.8 cm³/mol. The first-order valence-electron chi connectivity index (χ1n) is 7.29. The highest BCUT2D eigenvalue weighted by atomic mass is 14.1. The normalized spacial score (nSPS) is 14.8. The van der Waals surface area contributed by atoms with Gasteiger partial charge >= 0.3 is 0 Å². The fourth-order valence-corrected chi connectivity index (χ4v) is 2.09. The Hall–Kier alpha value is -0.260. The first-order chi connectivity index (χ1) is 7.61. The van der Waals surface area contributed by atoms with Crippen molar-refractivity contribution in [3.8, 4) is 0 Å². The molecule has 0 amide bonds. The van der Waals surface area contributed by atoms with Crippen LogP contribution in [0, 0.1) is 11.8 Å². The molecule has 0 fully saturated rings. The summed E-state index contributed by atoms with van der Waals surface area (Å²) in [5, 5.41) is 0. The Morgan fingerprint density at radius 1 is 0.938 bits per heavy atom. The molecule has 0 bridgehead atoms. The molecule has 0 aromatic rings. The second kappa shape index (κ2) is 9.93. The van der Waals surface area contributed by atoms with Crippen LogP contribution in [0.1, 0.15) is 79.1 Å². The fourth-order valence-electron chi connectivity index (χ4n) is 2.09. The summed E-state index contributed by atoms with van der Waals surface area (Å²) >= 11 is 0. The van der Waals surface area contributed by atoms with Crippen LogP contribution in [-0.4, -0.2) is 0 Å². The van der Waals surface area contributed by atoms with Gasteiger partial charge in [0.25, 0.3) is 0 Å². The van der Waals surface area contributed by atoms with E-state index in [2.05, 4.69) is 34.3 Å². The predicted octanol–water partition coefficient (Wildman–Crippen LogP) is 5.98. The average molecular weight is 224 g/mol. The number of hydrogen-bond donors (Lipinski definition) is 0. The zero-order valence-corrected chi connectivity index (χ0v) is 12.0. The van der Waals surface area contributed by atoms with Gasteiger partial charge in [-0.15, -0.1) is 0 Å². The molecule has 0 nitrogen and oxygen atoms in total. The molecule has 0 radical (unpaired) electrons. The third-order valence-corrected chi connectivity index (χ3v) is 3.70. The molecule has 0 saturated heterocycles. The van der Waals surface area contributed by atoms with Crippen LogP contribution in [0.25, 0.3) is 0 Å². The molecule has 0 heterocycles. The van der Waals surface area contributed by atoms with Crippen molar-refractivity contribution in [3.63, 3.8) is 0 Å². The quantitative estimate of drug-likeness (QED) is 0.401. The van der Waals surface area contributed by atoms with Gasteiger partial charge in [-0.1, -0.05) is 72.0 Å². The van der Waals surface area contributed by atoms with E-state index >= 15 is 0 Å². The van der Waals surface area contributed by atoms with E-state index < -0.39 is 0 Å². The average Bonchev–Trinajstić information content (AvgIpc) is 2.30. The van der Waals surface area contributed by atoms with E-state index in [1.165, 1.54) is 56.9 Å². The van der Waals surface area contributed by atoms with Crippen molar-refractivity contribution in [2.45, 2.75) is 79.1 Å². The maximum absolute atomic E-state index is 4.26. The van der Waals surface area contributed by atoms with Crippen LogP contribution in [0.3, 0.4) is 0 Å². The highest BCUT2D eigenvalue weighted by Crippen LogP contribution is 2.23. The van der Waals surface area contributed by atoms with Crippen LogP contribution >= 0.6 is 0 Å². The van der Waals surface area contributed by atoms with E-state index in [4.69, 9.17) is 0 Å². The summed E-state index contributed by atoms with van der Waals surface area (Å²) in [5.41, 5.74) is 1.48. The van der Waals surface area contributed by atoms with Crippen molar-refractivity contribution in [2.75, 3.05) is 0 Å². The van der Waals surface area contributed by atoms with Crippen molar-refractivity contribution in [3.05, 3.63) is 12.2 Å². The minimum Gasteiger partial charge on any atom is -0.0996 e. The molecule has 0 aromatic carbocycles. The van der Waals surface area contributed by atoms with Gasteiger partial charge in [-0.3, -0.25) is 0 Å². The topological polar surface area (TPSA) is 0 Å². The van der Waals surface area contributed by atoms with Crippen LogP contribution in [0.2, 0.25) is 0 Å². The van der Waals surface area contributed by atoms with Crippen LogP contribution < -0.4 is 0 Å². The molecule has 0 N–H and O–H groups in total. The molecule has 96 valence electrons. The van der Waals surface area contributed by atoms with E-state index in [1.807, 2.05) is 0 Å². The summed E-state index contributed by atoms with van der Waals surface area (Å²) in [7, 11) is 0. The third kappa shape index (κ3) is 7.96. The summed E-state index contributed by atoms with van der Waals surface area (Å²) in [6, 6.07) is 0. The molecule has 0 aliphatic rings. The molecule has 0 heteroatoms. The molecule has 0 rings (SSSR count). The largest absolute Gasteiger partial charge is 0.0996 e. The van der Waals surface area contributed by atoms with Gasteiger partial charge in [-0.25, -0.2) is 0 Å². The SMILES string of the molecule is C=C(CCC(C)CCCC)C(C)CCCC. The Labute approximate surface area is 104 Å². The van der Waals surface area contributed by atoms with E-state index in [9.17, 15) is 0 Å². The first-order valence-corrected chi connectivity index (χ1v) is 7.29. The number of allylic oxidation sites excluding steroid dienone is 1. The molecule has 0 aliphatic carbocycles. The maximum atomic E-state index is 4.26. The highest BCUT2D eigenvalue weighted by Gasteiger charge is 2.08. The Bertz CT molecular complexity index is 169. The molecular formula is C16H32. The summed E-state index contributed by atoms with van der Waals surface area (Å²) in [6.07, 6.45) is 10.7. The summed E-state index contributed by atoms with van der Waals surface area (Å²) in [6.45, 7) is 13.5. The van der Waals surface area contributed by atoms with Crippen molar-refractivity contribution in [2.24, 2.45) is 11.8 Å². The van der Waals surface area contributed by atoms with Crippen molar-refractivity contribution in [1.82, 2.24) is 0 Å². The second-order valence-corrected chi connectivity index (χ2v) is 5.49. The van der Waals surface area contributed by atoms with Gasteiger partial charge in [0.05, 0.1) is 0 Å². The fraction of sp³-hybridized carbons (Fsp3) is 0.875. The van der Waals surface area contributed by atoms with Crippen molar-refractivity contribution in [1.29, 1.82) is 0 Å². The van der Waals surface area contributed by atoms with Crippen LogP contribution in [0.15, 0.2) is 12.2 Å². The van der Waals surface area contributed by atoms with Gasteiger partial charge in [0.2, 0.25) is 0 Å². The van der Waals surface area contributed by atoms with E-state index in [-0.39, 0.29) is 0 Å². The van der Waals surface area contributed by atoms with E-state index in [1.54, 1.807) is 0 Å². The standard InChI is InChI=1S/C16H32/c1-6-8-10-14(3)12-13-16(5)15(4)11-9-7-2/h14-15H,5-13H2,1-4H3. The third-order valence-electron chi connectivity index (χ3n) is 3.70. The highest BCUT2D eigenvalue weighted by molar-refractivity contribution is 4.98. The summed E-state index contributed by atoms with van der Waals surface area (Å²) in [5.74, 6) is 1.62. The molecule has 0 aromatic heterocycles. The lowest BCUT2D eigenvalue weighted by atomic mass is 9.89. The van der Waals surface area contributed by atoms with Gasteiger partial charge in [0.1, 0.15) is 0 Å². The van der Waals surface area contributed by atoms with E-state index in [0.29, 0.717) is 0 Å². The van der Waals surface area contributed by atoms with Gasteiger partial charge in [0.15, 0.2) is 0 Å². The Morgan fingerprint density at radius 2 is 1.50 bits per heavy atom. The maximum Gasteiger partial charge on any atom is -0.0234 e. The van der Waals surface area contributed by atoms with E-state index in [0.717, 1.165) is 11.8 Å². The van der Waals surface area contributed by atoms with Crippen LogP contribution in [0.5, 0.6) is 0 Å². The van der Waals surface area contributed by atoms with Gasteiger partial charge in [-0.2, -0.15) is 0 Å². The molecule has 2 unspecified atom stereocenters. The number of rotatable bonds is 10. The van der Waals surface area contributed by atoms with Gasteiger partial charge < -0.3 is 0 Å². The Morgan fingerprint density at radius 3 is 2.06 bits per heavy atom. The lowest BCUT2D eigenvalue weighted by Gasteiger charge is -2.17. The van der Waals surface area contributed by atoms with Crippen molar-refractivity contribution >= 4 is 0 Å². The lowest BCUT2D eigenvalue weighted by molar-refractivity contribution is 0.454. The molecular weight excluding hydrogens is 192 g/mol. The Balaban J connectivity index is 3.62. The summed E-state index contributed by atoms with van der Waals surface area (Å²) in [4.78, 5) is 0. The Kier molecular flexibility index (Phi) is 9.77. The summed E-state index contributed by atoms with van der Waals surface area (Å²) < 4.78 is 0. The van der Waals surface area contributed by atoms with Crippen LogP contribution in [0.4, 0.5) is 0 Å². The minimum atomic E-state index is 0.735. The van der Waals surface area contributed by atoms with Crippen molar-refractivity contribution < 1.29 is 0 Å². The minimum absolute atomic E-state index is 0.735. The van der Waals surface area contributed by atoms with Gasteiger partial charge in [0, 0.05) is 0 Å². The molecule has 0 saturated carbocycles. The first kappa shape index (κ1) is 15.7. The molecule has 0 aliphatic heterocycles. The molecule has 0 spiro atoms. The van der Waals surface area contributed by atoms with Gasteiger partial charge in [-0.05, 0) is 31.1 Å². The zero-order valence-electron chi connectivity index (χ0n) is 12.0. The lowest BCUT2D eigenvalue weighted by Crippen LogP contribution is -2.02. The monoisotopic (exact) mass is 224 g/mol. The zero-order chi connectivity index (χ0) is 12.4. The number of hydrogen-bond acceptors (Lipinski definition) is 0. The number of unbranched alkanes of at least 4 members (excludes halogenated alkanes) is 2. The second-order valence-electron chi connectivity index (χ2n) is 5.49. The smallest absolute Gasteiger partial charge is 0.0234 e. The molecule has 16 heavy (non-hydrogen) atoms. The molecule has 2 atom stereocenters.